The number of aromatic nitrogens is 1. The summed E-state index contributed by atoms with van der Waals surface area (Å²) < 4.78 is 11.9. The first-order chi connectivity index (χ1) is 12.7. The van der Waals surface area contributed by atoms with E-state index in [4.69, 9.17) is 21.1 Å². The van der Waals surface area contributed by atoms with Crippen LogP contribution in [0, 0.1) is 0 Å². The molecule has 1 atom stereocenters. The molecule has 2 fully saturated rings. The molecule has 0 N–H and O–H groups in total. The van der Waals surface area contributed by atoms with Gasteiger partial charge in [-0.3, -0.25) is 4.79 Å². The molecule has 1 unspecified atom stereocenters. The molecule has 2 heterocycles. The Kier molecular flexibility index (Phi) is 5.43. The van der Waals surface area contributed by atoms with Crippen LogP contribution >= 0.6 is 22.9 Å². The maximum absolute atomic E-state index is 13.2. The van der Waals surface area contributed by atoms with Gasteiger partial charge in [-0.2, -0.15) is 0 Å². The van der Waals surface area contributed by atoms with Crippen LogP contribution in [0.3, 0.4) is 0 Å². The van der Waals surface area contributed by atoms with Crippen LogP contribution in [0.4, 0.5) is 0 Å². The number of benzene rings is 1. The van der Waals surface area contributed by atoms with Crippen molar-refractivity contribution in [1.29, 1.82) is 0 Å². The third kappa shape index (κ3) is 3.87. The minimum absolute atomic E-state index is 0.0645. The highest BCUT2D eigenvalue weighted by Gasteiger charge is 2.29. The van der Waals surface area contributed by atoms with Crippen LogP contribution in [0.15, 0.2) is 29.8 Å². The summed E-state index contributed by atoms with van der Waals surface area (Å²) in [5.41, 5.74) is 0.532. The summed E-state index contributed by atoms with van der Waals surface area (Å²) >= 11 is 7.71. The van der Waals surface area contributed by atoms with Gasteiger partial charge in [0, 0.05) is 23.1 Å². The second kappa shape index (κ2) is 7.94. The number of morpholine rings is 1. The number of carbonyl (C=O) groups excluding carboxylic acids is 1. The zero-order chi connectivity index (χ0) is 17.9. The summed E-state index contributed by atoms with van der Waals surface area (Å²) in [6, 6.07) is 5.30. The molecule has 2 aromatic rings. The first kappa shape index (κ1) is 17.8. The molecule has 1 saturated heterocycles. The van der Waals surface area contributed by atoms with Crippen LogP contribution in [0.25, 0.3) is 0 Å². The Morgan fingerprint density at radius 3 is 2.96 bits per heavy atom. The second-order valence-electron chi connectivity index (χ2n) is 6.65. The Labute approximate surface area is 161 Å². The summed E-state index contributed by atoms with van der Waals surface area (Å²) in [7, 11) is 0. The van der Waals surface area contributed by atoms with Crippen molar-refractivity contribution >= 4 is 28.8 Å². The lowest BCUT2D eigenvalue weighted by molar-refractivity contribution is -0.0230. The topological polar surface area (TPSA) is 51.7 Å². The van der Waals surface area contributed by atoms with Crippen LogP contribution in [0.5, 0.6) is 5.75 Å². The first-order valence-corrected chi connectivity index (χ1v) is 10.2. The molecule has 7 heteroatoms. The lowest BCUT2D eigenvalue weighted by Crippen LogP contribution is -2.42. The minimum Gasteiger partial charge on any atom is -0.490 e. The van der Waals surface area contributed by atoms with Gasteiger partial charge in [0.25, 0.3) is 5.91 Å². The number of rotatable bonds is 4. The number of amides is 1. The highest BCUT2D eigenvalue weighted by Crippen LogP contribution is 2.31. The monoisotopic (exact) mass is 392 g/mol. The molecule has 2 aliphatic rings. The summed E-state index contributed by atoms with van der Waals surface area (Å²) in [6.45, 7) is 1.53. The maximum Gasteiger partial charge on any atom is 0.257 e. The molecule has 1 saturated carbocycles. The van der Waals surface area contributed by atoms with Crippen LogP contribution in [0.1, 0.15) is 47.2 Å². The quantitative estimate of drug-likeness (QED) is 0.777. The van der Waals surface area contributed by atoms with Gasteiger partial charge in [0.05, 0.1) is 24.8 Å². The van der Waals surface area contributed by atoms with E-state index in [0.29, 0.717) is 36.0 Å². The summed E-state index contributed by atoms with van der Waals surface area (Å²) in [4.78, 5) is 19.3. The molecule has 1 aliphatic heterocycles. The van der Waals surface area contributed by atoms with E-state index in [2.05, 4.69) is 4.98 Å². The third-order valence-corrected chi connectivity index (χ3v) is 5.95. The van der Waals surface area contributed by atoms with Crippen molar-refractivity contribution in [1.82, 2.24) is 9.88 Å². The van der Waals surface area contributed by atoms with Gasteiger partial charge in [-0.05, 0) is 43.9 Å². The van der Waals surface area contributed by atoms with Crippen LogP contribution in [-0.4, -0.2) is 41.6 Å². The van der Waals surface area contributed by atoms with Gasteiger partial charge in [-0.1, -0.05) is 11.6 Å². The standard InChI is InChI=1S/C19H21ClN2O3S/c20-13-5-6-16(25-14-3-1-2-4-14)15(11-13)19(23)22-8-9-24-17(12-22)18-21-7-10-26-18/h5-7,10-11,14,17H,1-4,8-9,12H2. The molecule has 138 valence electrons. The van der Waals surface area contributed by atoms with Gasteiger partial charge in [0.1, 0.15) is 16.9 Å². The van der Waals surface area contributed by atoms with Crippen molar-refractivity contribution in [3.05, 3.63) is 45.4 Å². The zero-order valence-electron chi connectivity index (χ0n) is 14.4. The molecule has 26 heavy (non-hydrogen) atoms. The number of nitrogens with zero attached hydrogens (tertiary/aromatic N) is 2. The van der Waals surface area contributed by atoms with Crippen molar-refractivity contribution in [2.45, 2.75) is 37.9 Å². The highest BCUT2D eigenvalue weighted by atomic mass is 35.5. The van der Waals surface area contributed by atoms with Crippen molar-refractivity contribution in [3.63, 3.8) is 0 Å². The van der Waals surface area contributed by atoms with Gasteiger partial charge in [-0.25, -0.2) is 4.98 Å². The van der Waals surface area contributed by atoms with Gasteiger partial charge in [0.15, 0.2) is 0 Å². The molecule has 0 radical (unpaired) electrons. The fourth-order valence-corrected chi connectivity index (χ4v) is 4.35. The fourth-order valence-electron chi connectivity index (χ4n) is 3.50. The average Bonchev–Trinajstić information content (AvgIpc) is 3.36. The Balaban J connectivity index is 1.54. The number of hydrogen-bond donors (Lipinski definition) is 0. The highest BCUT2D eigenvalue weighted by molar-refractivity contribution is 7.09. The molecule has 5 nitrogen and oxygen atoms in total. The third-order valence-electron chi connectivity index (χ3n) is 4.85. The largest absolute Gasteiger partial charge is 0.490 e. The van der Waals surface area contributed by atoms with E-state index < -0.39 is 0 Å². The molecule has 1 aromatic carbocycles. The molecule has 1 aromatic heterocycles. The lowest BCUT2D eigenvalue weighted by Gasteiger charge is -2.32. The fraction of sp³-hybridized carbons (Fsp3) is 0.474. The van der Waals surface area contributed by atoms with Crippen molar-refractivity contribution in [3.8, 4) is 5.75 Å². The molecule has 0 spiro atoms. The van der Waals surface area contributed by atoms with E-state index in [1.807, 2.05) is 16.3 Å². The average molecular weight is 393 g/mol. The zero-order valence-corrected chi connectivity index (χ0v) is 16.0. The first-order valence-electron chi connectivity index (χ1n) is 8.97. The van der Waals surface area contributed by atoms with Gasteiger partial charge in [-0.15, -0.1) is 11.3 Å². The van der Waals surface area contributed by atoms with Gasteiger partial charge in [0.2, 0.25) is 0 Å². The molecule has 1 amide bonds. The predicted molar refractivity (Wildman–Crippen MR) is 101 cm³/mol. The minimum atomic E-state index is -0.175. The number of ether oxygens (including phenoxy) is 2. The number of halogens is 1. The van der Waals surface area contributed by atoms with Crippen LogP contribution in [-0.2, 0) is 4.74 Å². The Bertz CT molecular complexity index is 762. The van der Waals surface area contributed by atoms with Crippen LogP contribution in [0.2, 0.25) is 5.02 Å². The van der Waals surface area contributed by atoms with Crippen molar-refractivity contribution in [2.24, 2.45) is 0 Å². The summed E-state index contributed by atoms with van der Waals surface area (Å²) in [5, 5.41) is 3.36. The molecular formula is C19H21ClN2O3S. The summed E-state index contributed by atoms with van der Waals surface area (Å²) in [5.74, 6) is 0.564. The van der Waals surface area contributed by atoms with E-state index in [1.165, 1.54) is 12.8 Å². The molecule has 4 rings (SSSR count). The van der Waals surface area contributed by atoms with Crippen LogP contribution < -0.4 is 4.74 Å². The van der Waals surface area contributed by atoms with Gasteiger partial charge < -0.3 is 14.4 Å². The predicted octanol–water partition coefficient (Wildman–Crippen LogP) is 4.33. The lowest BCUT2D eigenvalue weighted by atomic mass is 10.1. The number of thiazole rings is 1. The smallest absolute Gasteiger partial charge is 0.257 e. The van der Waals surface area contributed by atoms with E-state index >= 15 is 0 Å². The number of carbonyl (C=O) groups is 1. The molecular weight excluding hydrogens is 372 g/mol. The van der Waals surface area contributed by atoms with Crippen molar-refractivity contribution in [2.75, 3.05) is 19.7 Å². The SMILES string of the molecule is O=C(c1cc(Cl)ccc1OC1CCCC1)N1CCOC(c2nccs2)C1. The van der Waals surface area contributed by atoms with E-state index in [9.17, 15) is 4.79 Å². The Morgan fingerprint density at radius 1 is 1.35 bits per heavy atom. The van der Waals surface area contributed by atoms with E-state index in [-0.39, 0.29) is 18.1 Å². The Hall–Kier alpha value is -1.63. The number of hydrogen-bond acceptors (Lipinski definition) is 5. The van der Waals surface area contributed by atoms with E-state index in [1.54, 1.807) is 29.7 Å². The summed E-state index contributed by atoms with van der Waals surface area (Å²) in [6.07, 6.45) is 6.22. The van der Waals surface area contributed by atoms with Gasteiger partial charge >= 0.3 is 0 Å². The molecule has 0 bridgehead atoms. The van der Waals surface area contributed by atoms with Crippen molar-refractivity contribution < 1.29 is 14.3 Å². The normalized spacial score (nSPS) is 21.1. The molecule has 1 aliphatic carbocycles. The second-order valence-corrected chi connectivity index (χ2v) is 8.01. The van der Waals surface area contributed by atoms with E-state index in [0.717, 1.165) is 17.8 Å². The maximum atomic E-state index is 13.2. The Morgan fingerprint density at radius 2 is 2.19 bits per heavy atom.